The molecule has 0 nitrogen and oxygen atoms in total. The second-order valence-electron chi connectivity index (χ2n) is 13.8. The Kier molecular flexibility index (Phi) is 20.4. The van der Waals surface area contributed by atoms with E-state index in [1.807, 2.05) is 0 Å². The van der Waals surface area contributed by atoms with Gasteiger partial charge in [-0.05, 0) is 0 Å². The Morgan fingerprint density at radius 2 is 0.536 bits per heavy atom. The van der Waals surface area contributed by atoms with Crippen LogP contribution in [0.2, 0.25) is 26.2 Å². The average Bonchev–Trinajstić information content (AvgIpc) is 3.95. The topological polar surface area (TPSA) is 0 Å². The Balaban J connectivity index is 0.000000187. The summed E-state index contributed by atoms with van der Waals surface area (Å²) in [7, 11) is 0. The maximum atomic E-state index is 2.31. The molecule has 0 N–H and O–H groups in total. The van der Waals surface area contributed by atoms with Crippen molar-refractivity contribution in [3.05, 3.63) is 193 Å². The first-order chi connectivity index (χ1) is 26.1. The number of aryl methyl sites for hydroxylation is 2. The molecule has 0 aromatic heterocycles. The maximum absolute atomic E-state index is 2.31. The standard InChI is InChI=1S/2C13H9.2C10H9.2C2H6Si.2ClH.2Zr/c2*1-3-7-12-10(5-1)9-11-6-2-4-8-13(11)12;2*1-8-6-7-9-4-2-3-5-10(8)9;2*1-3-2;;;;/h2*1-9H;2*2-7H,1H3;2*1-2H3;2*1H;;/q4*-1;;;;;2*+2/p-2. The number of hydrogen-bond acceptors (Lipinski definition) is 0. The molecule has 0 fully saturated rings. The van der Waals surface area contributed by atoms with E-state index in [0.29, 0.717) is 0 Å². The fraction of sp³-hybridized carbons (Fsp3) is 0.120. The van der Waals surface area contributed by atoms with Crippen molar-refractivity contribution in [2.45, 2.75) is 40.0 Å². The third-order valence-electron chi connectivity index (χ3n) is 8.84. The van der Waals surface area contributed by atoms with Crippen LogP contribution in [-0.4, -0.2) is 10.9 Å². The van der Waals surface area contributed by atoms with Gasteiger partial charge >= 0.3 is 83.7 Å². The molecule has 0 unspecified atom stereocenters. The van der Waals surface area contributed by atoms with Crippen molar-refractivity contribution in [1.82, 2.24) is 0 Å². The van der Waals surface area contributed by atoms with E-state index >= 15 is 0 Å². The molecule has 280 valence electrons. The Labute approximate surface area is 376 Å². The van der Waals surface area contributed by atoms with Crippen LogP contribution in [0.3, 0.4) is 0 Å². The van der Waals surface area contributed by atoms with Crippen LogP contribution >= 0.6 is 0 Å². The van der Waals surface area contributed by atoms with Gasteiger partial charge in [-0.1, -0.05) is 98.8 Å². The predicted molar refractivity (Wildman–Crippen MR) is 238 cm³/mol. The van der Waals surface area contributed by atoms with Gasteiger partial charge in [0.25, 0.3) is 0 Å². The monoisotopic (exact) mass is 954 g/mol. The van der Waals surface area contributed by atoms with Crippen LogP contribution in [0.25, 0.3) is 64.6 Å². The van der Waals surface area contributed by atoms with Gasteiger partial charge in [0.05, 0.1) is 0 Å². The molecule has 0 aliphatic carbocycles. The molecule has 10 rings (SSSR count). The molecule has 6 heteroatoms. The van der Waals surface area contributed by atoms with Gasteiger partial charge in [0.2, 0.25) is 0 Å². The van der Waals surface area contributed by atoms with Crippen molar-refractivity contribution in [2.24, 2.45) is 0 Å². The molecule has 0 radical (unpaired) electrons. The van der Waals surface area contributed by atoms with E-state index in [1.165, 1.54) is 75.8 Å². The molecule has 0 atom stereocenters. The van der Waals surface area contributed by atoms with Crippen LogP contribution in [0.4, 0.5) is 0 Å². The smallest absolute Gasteiger partial charge is 0.0771 e. The van der Waals surface area contributed by atoms with Crippen LogP contribution in [0.1, 0.15) is 11.1 Å². The number of hydrogen-bond donors (Lipinski definition) is 0. The predicted octanol–water partition coefficient (Wildman–Crippen LogP) is 8.73. The Bertz CT molecular complexity index is 2450. The molecule has 0 spiro atoms. The van der Waals surface area contributed by atoms with Gasteiger partial charge in [0.1, 0.15) is 0 Å². The SMILES string of the molecule is C[Si](C)=[Zr+2].C[Si](C)=[Zr+2].Cc1c[cH-]c2ccccc12.Cc1c[cH-]c2ccccc12.[Cl-].[Cl-].c1ccc2c(c1)[cH-]c1ccccc12.c1ccc2c(c1)[cH-]c1ccccc12. The van der Waals surface area contributed by atoms with Crippen molar-refractivity contribution in [3.8, 4) is 0 Å². The summed E-state index contributed by atoms with van der Waals surface area (Å²) in [5.41, 5.74) is 3.16. The first-order valence-electron chi connectivity index (χ1n) is 18.4. The zero-order valence-corrected chi connectivity index (χ0v) is 41.5. The van der Waals surface area contributed by atoms with E-state index in [0.717, 1.165) is 0 Å². The largest absolute Gasteiger partial charge is 1.00 e. The number of benzene rings is 6. The summed E-state index contributed by atoms with van der Waals surface area (Å²) in [6.45, 7) is 13.5. The molecule has 0 saturated carbocycles. The van der Waals surface area contributed by atoms with E-state index in [9.17, 15) is 0 Å². The minimum atomic E-state index is 0. The fourth-order valence-corrected chi connectivity index (χ4v) is 6.42. The van der Waals surface area contributed by atoms with Gasteiger partial charge in [-0.3, -0.25) is 0 Å². The quantitative estimate of drug-likeness (QED) is 0.106. The van der Waals surface area contributed by atoms with Gasteiger partial charge in [0.15, 0.2) is 0 Å². The second-order valence-corrected chi connectivity index (χ2v) is 32.6. The van der Waals surface area contributed by atoms with E-state index < -0.39 is 0 Å². The number of halogens is 2. The summed E-state index contributed by atoms with van der Waals surface area (Å²) < 4.78 is 0. The summed E-state index contributed by atoms with van der Waals surface area (Å²) >= 11 is 3.48. The molecule has 0 amide bonds. The van der Waals surface area contributed by atoms with Crippen molar-refractivity contribution < 1.29 is 71.5 Å². The summed E-state index contributed by atoms with van der Waals surface area (Å²) in [5.74, 6) is 0. The van der Waals surface area contributed by atoms with E-state index in [1.54, 1.807) is 46.7 Å². The zero-order valence-electron chi connectivity index (χ0n) is 33.1. The third-order valence-corrected chi connectivity index (χ3v) is 8.84. The summed E-state index contributed by atoms with van der Waals surface area (Å²) in [5, 5.41) is 16.2. The van der Waals surface area contributed by atoms with Crippen LogP contribution in [0.15, 0.2) is 182 Å². The first kappa shape index (κ1) is 47.4. The van der Waals surface area contributed by atoms with E-state index in [-0.39, 0.29) is 35.7 Å². The van der Waals surface area contributed by atoms with Gasteiger partial charge < -0.3 is 24.8 Å². The Hall–Kier alpha value is -2.94. The number of fused-ring (bicyclic) bond motifs is 8. The van der Waals surface area contributed by atoms with Crippen LogP contribution in [0, 0.1) is 13.8 Å². The molecule has 10 aromatic rings. The van der Waals surface area contributed by atoms with Gasteiger partial charge in [-0.15, -0.1) is 150 Å². The van der Waals surface area contributed by atoms with Crippen molar-refractivity contribution in [3.63, 3.8) is 0 Å². The Morgan fingerprint density at radius 3 is 0.768 bits per heavy atom. The molecule has 10 aromatic carbocycles. The maximum Gasteiger partial charge on any atom is -0.0771 e. The van der Waals surface area contributed by atoms with Crippen LogP contribution < -0.4 is 24.8 Å². The van der Waals surface area contributed by atoms with Crippen LogP contribution in [-0.2, 0) is 46.7 Å². The van der Waals surface area contributed by atoms with Crippen molar-refractivity contribution in [2.75, 3.05) is 0 Å². The summed E-state index contributed by atoms with van der Waals surface area (Å²) in [6, 6.07) is 64.1. The first-order valence-corrected chi connectivity index (χ1v) is 30.8. The molecule has 0 aliphatic rings. The van der Waals surface area contributed by atoms with Gasteiger partial charge in [-0.25, -0.2) is 0 Å². The van der Waals surface area contributed by atoms with Crippen molar-refractivity contribution in [1.29, 1.82) is 0 Å². The molecule has 0 aliphatic heterocycles. The summed E-state index contributed by atoms with van der Waals surface area (Å²) in [6.07, 6.45) is 0. The average molecular weight is 958 g/mol. The van der Waals surface area contributed by atoms with Gasteiger partial charge in [-0.2, -0.15) is 23.3 Å². The molecule has 0 bridgehead atoms. The molecule has 0 heterocycles. The minimum Gasteiger partial charge on any atom is -1.00 e. The zero-order chi connectivity index (χ0) is 38.5. The van der Waals surface area contributed by atoms with Crippen LogP contribution in [0.5, 0.6) is 0 Å². The summed E-state index contributed by atoms with van der Waals surface area (Å²) in [4.78, 5) is 0. The molecular weight excluding hydrogens is 910 g/mol. The Morgan fingerprint density at radius 1 is 0.339 bits per heavy atom. The minimum absolute atomic E-state index is 0. The number of rotatable bonds is 0. The molecule has 56 heavy (non-hydrogen) atoms. The van der Waals surface area contributed by atoms with E-state index in [2.05, 4.69) is 222 Å². The molecular formula is C50H48Cl2Si2Zr2-2. The van der Waals surface area contributed by atoms with E-state index in [4.69, 9.17) is 0 Å². The second kappa shape index (κ2) is 24.1. The normalized spacial score (nSPS) is 9.89. The fourth-order valence-electron chi connectivity index (χ4n) is 6.42. The molecule has 0 saturated heterocycles. The third kappa shape index (κ3) is 13.6. The van der Waals surface area contributed by atoms with Gasteiger partial charge in [0, 0.05) is 0 Å². The van der Waals surface area contributed by atoms with Crippen molar-refractivity contribution >= 4 is 75.5 Å².